The Hall–Kier alpha value is -1.92. The summed E-state index contributed by atoms with van der Waals surface area (Å²) in [4.78, 5) is 22.9. The molecule has 0 fully saturated rings. The van der Waals surface area contributed by atoms with Crippen molar-refractivity contribution in [3.05, 3.63) is 11.4 Å². The normalized spacial score (nSPS) is 11.9. The Bertz CT molecular complexity index is 416. The van der Waals surface area contributed by atoms with E-state index in [1.54, 1.807) is 6.92 Å². The van der Waals surface area contributed by atoms with Crippen LogP contribution in [0.25, 0.3) is 0 Å². The first kappa shape index (κ1) is 14.1. The lowest BCUT2D eigenvalue weighted by atomic mass is 10.1. The number of carbonyl (C=O) groups excluding carboxylic acids is 2. The van der Waals surface area contributed by atoms with Crippen LogP contribution >= 0.6 is 0 Å². The summed E-state index contributed by atoms with van der Waals surface area (Å²) in [5, 5.41) is 12.6. The van der Waals surface area contributed by atoms with E-state index in [-0.39, 0.29) is 18.4 Å². The van der Waals surface area contributed by atoms with Crippen LogP contribution in [-0.2, 0) is 16.1 Å². The third-order valence-corrected chi connectivity index (χ3v) is 2.45. The Labute approximate surface area is 105 Å². The molecule has 0 bridgehead atoms. The average molecular weight is 254 g/mol. The van der Waals surface area contributed by atoms with E-state index in [1.165, 1.54) is 6.92 Å². The summed E-state index contributed by atoms with van der Waals surface area (Å²) in [6, 6.07) is -0.507. The van der Waals surface area contributed by atoms with Gasteiger partial charge in [0.25, 0.3) is 0 Å². The lowest BCUT2D eigenvalue weighted by molar-refractivity contribution is -0.128. The van der Waals surface area contributed by atoms with E-state index in [2.05, 4.69) is 25.6 Å². The van der Waals surface area contributed by atoms with E-state index in [9.17, 15) is 9.59 Å². The van der Waals surface area contributed by atoms with E-state index >= 15 is 0 Å². The number of amides is 2. The number of rotatable bonds is 6. The van der Waals surface area contributed by atoms with Gasteiger partial charge in [0.15, 0.2) is 0 Å². The molecule has 2 N–H and O–H groups in total. The van der Waals surface area contributed by atoms with Gasteiger partial charge >= 0.3 is 0 Å². The fraction of sp³-hybridized carbons (Fsp3) is 0.636. The molecule has 0 unspecified atom stereocenters. The molecule has 0 saturated heterocycles. The highest BCUT2D eigenvalue weighted by molar-refractivity contribution is 5.86. The molecule has 0 aliphatic heterocycles. The van der Waals surface area contributed by atoms with Gasteiger partial charge in [-0.05, 0) is 13.3 Å². The van der Waals surface area contributed by atoms with Gasteiger partial charge in [0, 0.05) is 6.92 Å². The summed E-state index contributed by atoms with van der Waals surface area (Å²) in [6.45, 7) is 5.33. The van der Waals surface area contributed by atoms with Gasteiger partial charge in [0.1, 0.15) is 17.4 Å². The van der Waals surface area contributed by atoms with Crippen molar-refractivity contribution in [3.8, 4) is 0 Å². The predicted molar refractivity (Wildman–Crippen MR) is 63.4 cm³/mol. The minimum atomic E-state index is -0.507. The largest absolute Gasteiger partial charge is 0.348 e. The minimum absolute atomic E-state index is 0.220. The Morgan fingerprint density at radius 1 is 1.39 bits per heavy atom. The molecule has 1 heterocycles. The number of nitrogens with zero attached hydrogens (tertiary/aromatic N) is 2. The van der Waals surface area contributed by atoms with Crippen LogP contribution in [-0.4, -0.2) is 28.2 Å². The zero-order valence-electron chi connectivity index (χ0n) is 10.8. The van der Waals surface area contributed by atoms with Gasteiger partial charge < -0.3 is 10.6 Å². The van der Waals surface area contributed by atoms with Crippen LogP contribution in [0.15, 0.2) is 4.63 Å². The minimum Gasteiger partial charge on any atom is -0.348 e. The first-order valence-corrected chi connectivity index (χ1v) is 5.87. The summed E-state index contributed by atoms with van der Waals surface area (Å²) in [6.07, 6.45) is 1.41. The summed E-state index contributed by atoms with van der Waals surface area (Å²) in [5.74, 6) is -0.447. The molecule has 0 spiro atoms. The Morgan fingerprint density at radius 2 is 2.11 bits per heavy atom. The molecule has 18 heavy (non-hydrogen) atoms. The molecule has 0 radical (unpaired) electrons. The van der Waals surface area contributed by atoms with Crippen molar-refractivity contribution < 1.29 is 14.2 Å². The molecule has 1 aromatic rings. The molecule has 0 aromatic carbocycles. The quantitative estimate of drug-likeness (QED) is 0.761. The van der Waals surface area contributed by atoms with Gasteiger partial charge in [0.2, 0.25) is 11.8 Å². The summed E-state index contributed by atoms with van der Waals surface area (Å²) in [5.41, 5.74) is 1.23. The molecule has 0 aliphatic rings. The van der Waals surface area contributed by atoms with Crippen LogP contribution in [0.3, 0.4) is 0 Å². The van der Waals surface area contributed by atoms with Crippen molar-refractivity contribution in [1.29, 1.82) is 0 Å². The highest BCUT2D eigenvalue weighted by Gasteiger charge is 2.18. The summed E-state index contributed by atoms with van der Waals surface area (Å²) < 4.78 is 4.53. The second-order valence-corrected chi connectivity index (χ2v) is 4.06. The molecular formula is C11H18N4O3. The predicted octanol–water partition coefficient (Wildman–Crippen LogP) is 0.299. The Kier molecular flexibility index (Phi) is 5.29. The van der Waals surface area contributed by atoms with E-state index in [1.807, 2.05) is 6.92 Å². The second kappa shape index (κ2) is 6.73. The first-order valence-electron chi connectivity index (χ1n) is 5.87. The maximum Gasteiger partial charge on any atom is 0.242 e. The number of carbonyl (C=O) groups is 2. The topological polar surface area (TPSA) is 97.1 Å². The molecular weight excluding hydrogens is 236 g/mol. The van der Waals surface area contributed by atoms with Crippen molar-refractivity contribution in [2.75, 3.05) is 0 Å². The molecule has 1 rings (SSSR count). The number of hydrogen-bond acceptors (Lipinski definition) is 5. The van der Waals surface area contributed by atoms with Gasteiger partial charge in [-0.2, -0.15) is 0 Å². The van der Waals surface area contributed by atoms with Crippen LogP contribution in [0.1, 0.15) is 38.1 Å². The Morgan fingerprint density at radius 3 is 2.61 bits per heavy atom. The average Bonchev–Trinajstić information content (AvgIpc) is 2.70. The fourth-order valence-corrected chi connectivity index (χ4v) is 1.51. The lowest BCUT2D eigenvalue weighted by Crippen LogP contribution is -2.45. The maximum absolute atomic E-state index is 11.9. The van der Waals surface area contributed by atoms with E-state index in [0.717, 1.165) is 6.42 Å². The molecule has 100 valence electrons. The first-order chi connectivity index (χ1) is 8.54. The fourth-order valence-electron chi connectivity index (χ4n) is 1.51. The second-order valence-electron chi connectivity index (χ2n) is 4.06. The SMILES string of the molecule is CCC[C@H](NC(C)=O)C(=O)NCc1nonc1C. The third kappa shape index (κ3) is 4.15. The van der Waals surface area contributed by atoms with Crippen LogP contribution in [0.4, 0.5) is 0 Å². The van der Waals surface area contributed by atoms with Crippen LogP contribution in [0.2, 0.25) is 0 Å². The zero-order valence-corrected chi connectivity index (χ0v) is 10.8. The van der Waals surface area contributed by atoms with Crippen molar-refractivity contribution in [3.63, 3.8) is 0 Å². The zero-order chi connectivity index (χ0) is 13.5. The molecule has 2 amide bonds. The Balaban J connectivity index is 2.51. The number of aromatic nitrogens is 2. The van der Waals surface area contributed by atoms with E-state index in [4.69, 9.17) is 0 Å². The van der Waals surface area contributed by atoms with Gasteiger partial charge in [0.05, 0.1) is 6.54 Å². The summed E-state index contributed by atoms with van der Waals surface area (Å²) in [7, 11) is 0. The van der Waals surface area contributed by atoms with Crippen LogP contribution < -0.4 is 10.6 Å². The lowest BCUT2D eigenvalue weighted by Gasteiger charge is -2.16. The molecule has 7 heteroatoms. The summed E-state index contributed by atoms with van der Waals surface area (Å²) >= 11 is 0. The standard InChI is InChI=1S/C11H18N4O3/c1-4-5-9(13-8(3)16)11(17)12-6-10-7(2)14-18-15-10/h9H,4-6H2,1-3H3,(H,12,17)(H,13,16)/t9-/m0/s1. The highest BCUT2D eigenvalue weighted by atomic mass is 16.6. The van der Waals surface area contributed by atoms with Gasteiger partial charge in [-0.25, -0.2) is 4.63 Å². The van der Waals surface area contributed by atoms with Crippen molar-refractivity contribution >= 4 is 11.8 Å². The van der Waals surface area contributed by atoms with Gasteiger partial charge in [-0.15, -0.1) is 0 Å². The van der Waals surface area contributed by atoms with Crippen LogP contribution in [0, 0.1) is 6.92 Å². The number of nitrogens with one attached hydrogen (secondary N) is 2. The van der Waals surface area contributed by atoms with Crippen molar-refractivity contribution in [1.82, 2.24) is 20.9 Å². The van der Waals surface area contributed by atoms with Gasteiger partial charge in [-0.1, -0.05) is 23.7 Å². The molecule has 7 nitrogen and oxygen atoms in total. The molecule has 0 aliphatic carbocycles. The monoisotopic (exact) mass is 254 g/mol. The van der Waals surface area contributed by atoms with Crippen molar-refractivity contribution in [2.45, 2.75) is 46.2 Å². The van der Waals surface area contributed by atoms with Crippen molar-refractivity contribution in [2.24, 2.45) is 0 Å². The maximum atomic E-state index is 11.9. The molecule has 1 atom stereocenters. The van der Waals surface area contributed by atoms with Gasteiger partial charge in [-0.3, -0.25) is 9.59 Å². The van der Waals surface area contributed by atoms with E-state index in [0.29, 0.717) is 17.8 Å². The third-order valence-electron chi connectivity index (χ3n) is 2.45. The number of aryl methyl sites for hydroxylation is 1. The molecule has 1 aromatic heterocycles. The molecule has 0 saturated carbocycles. The smallest absolute Gasteiger partial charge is 0.242 e. The van der Waals surface area contributed by atoms with Crippen LogP contribution in [0.5, 0.6) is 0 Å². The highest BCUT2D eigenvalue weighted by Crippen LogP contribution is 2.01. The number of hydrogen-bond donors (Lipinski definition) is 2. The van der Waals surface area contributed by atoms with E-state index < -0.39 is 6.04 Å².